The molecule has 4 aromatic carbocycles. The van der Waals surface area contributed by atoms with E-state index in [0.717, 1.165) is 33.4 Å². The van der Waals surface area contributed by atoms with Gasteiger partial charge in [-0.15, -0.1) is 0 Å². The van der Waals surface area contributed by atoms with E-state index in [-0.39, 0.29) is 29.8 Å². The van der Waals surface area contributed by atoms with Gasteiger partial charge in [-0.25, -0.2) is 8.42 Å². The van der Waals surface area contributed by atoms with Gasteiger partial charge in [-0.3, -0.25) is 13.9 Å². The predicted molar refractivity (Wildman–Crippen MR) is 181 cm³/mol. The second-order valence-electron chi connectivity index (χ2n) is 12.0. The molecule has 1 N–H and O–H groups in total. The van der Waals surface area contributed by atoms with Gasteiger partial charge in [0.2, 0.25) is 11.8 Å². The number of anilines is 1. The highest BCUT2D eigenvalue weighted by Gasteiger charge is 2.35. The minimum atomic E-state index is -4.15. The molecule has 0 spiro atoms. The van der Waals surface area contributed by atoms with Crippen LogP contribution in [0.1, 0.15) is 47.2 Å². The van der Waals surface area contributed by atoms with E-state index in [1.54, 1.807) is 36.4 Å². The lowest BCUT2D eigenvalue weighted by molar-refractivity contribution is -0.140. The van der Waals surface area contributed by atoms with Crippen LogP contribution in [0.4, 0.5) is 5.69 Å². The van der Waals surface area contributed by atoms with Crippen molar-refractivity contribution in [3.63, 3.8) is 0 Å². The van der Waals surface area contributed by atoms with E-state index in [2.05, 4.69) is 5.32 Å². The standard InChI is InChI=1S/C37H43N3O4S/c1-26(2)38-37(42)35(23-31-10-8-7-9-11-31)39(24-32-16-12-27(3)13-17-32)36(41)25-40(33-21-29(5)20-30(6)22-33)45(43,44)34-18-14-28(4)15-19-34/h7-22,26,35H,23-25H2,1-6H3,(H,38,42)/t35-/m1/s1. The number of hydrogen-bond acceptors (Lipinski definition) is 4. The van der Waals surface area contributed by atoms with Crippen LogP contribution in [0.15, 0.2) is 102 Å². The molecular weight excluding hydrogens is 582 g/mol. The molecule has 0 bridgehead atoms. The van der Waals surface area contributed by atoms with Crippen LogP contribution in [-0.4, -0.2) is 43.8 Å². The number of rotatable bonds is 12. The first-order valence-electron chi connectivity index (χ1n) is 15.2. The van der Waals surface area contributed by atoms with Crippen molar-refractivity contribution in [2.45, 2.75) is 71.5 Å². The summed E-state index contributed by atoms with van der Waals surface area (Å²) in [6, 6.07) is 28.4. The largest absolute Gasteiger partial charge is 0.352 e. The Hall–Kier alpha value is -4.43. The van der Waals surface area contributed by atoms with Crippen molar-refractivity contribution in [3.05, 3.63) is 130 Å². The van der Waals surface area contributed by atoms with Gasteiger partial charge in [0.05, 0.1) is 10.6 Å². The summed E-state index contributed by atoms with van der Waals surface area (Å²) in [5.74, 6) is -0.779. The van der Waals surface area contributed by atoms with Crippen LogP contribution < -0.4 is 9.62 Å². The van der Waals surface area contributed by atoms with Gasteiger partial charge < -0.3 is 10.2 Å². The van der Waals surface area contributed by atoms with E-state index in [4.69, 9.17) is 0 Å². The van der Waals surface area contributed by atoms with Crippen LogP contribution in [0.2, 0.25) is 0 Å². The Morgan fingerprint density at radius 3 is 1.82 bits per heavy atom. The molecule has 4 rings (SSSR count). The Balaban J connectivity index is 1.82. The quantitative estimate of drug-likeness (QED) is 0.201. The molecule has 0 aromatic heterocycles. The maximum Gasteiger partial charge on any atom is 0.264 e. The van der Waals surface area contributed by atoms with Crippen LogP contribution in [0.5, 0.6) is 0 Å². The van der Waals surface area contributed by atoms with Crippen molar-refractivity contribution in [1.29, 1.82) is 0 Å². The fourth-order valence-electron chi connectivity index (χ4n) is 5.29. The molecule has 0 unspecified atom stereocenters. The van der Waals surface area contributed by atoms with Gasteiger partial charge in [0.1, 0.15) is 12.6 Å². The molecular formula is C37H43N3O4S. The van der Waals surface area contributed by atoms with E-state index >= 15 is 0 Å². The molecule has 45 heavy (non-hydrogen) atoms. The van der Waals surface area contributed by atoms with E-state index < -0.39 is 28.5 Å². The van der Waals surface area contributed by atoms with Crippen LogP contribution in [-0.2, 0) is 32.6 Å². The Labute approximate surface area is 268 Å². The lowest BCUT2D eigenvalue weighted by atomic mass is 10.0. The first-order valence-corrected chi connectivity index (χ1v) is 16.6. The third kappa shape index (κ3) is 8.82. The van der Waals surface area contributed by atoms with Crippen LogP contribution in [0.25, 0.3) is 0 Å². The number of nitrogens with one attached hydrogen (secondary N) is 1. The molecule has 4 aromatic rings. The van der Waals surface area contributed by atoms with Gasteiger partial charge in [-0.1, -0.05) is 83.9 Å². The van der Waals surface area contributed by atoms with Gasteiger partial charge in [-0.05, 0) is 88.1 Å². The lowest BCUT2D eigenvalue weighted by Crippen LogP contribution is -2.54. The number of carbonyl (C=O) groups excluding carboxylic acids is 2. The van der Waals surface area contributed by atoms with Gasteiger partial charge in [-0.2, -0.15) is 0 Å². The highest BCUT2D eigenvalue weighted by molar-refractivity contribution is 7.92. The molecule has 0 saturated carbocycles. The molecule has 2 amide bonds. The minimum Gasteiger partial charge on any atom is -0.352 e. The third-order valence-electron chi connectivity index (χ3n) is 7.56. The lowest BCUT2D eigenvalue weighted by Gasteiger charge is -2.34. The molecule has 8 heteroatoms. The Bertz CT molecular complexity index is 1700. The SMILES string of the molecule is Cc1ccc(CN(C(=O)CN(c2cc(C)cc(C)c2)S(=O)(=O)c2ccc(C)cc2)[C@H](Cc2ccccc2)C(=O)NC(C)C)cc1. The highest BCUT2D eigenvalue weighted by atomic mass is 32.2. The molecule has 0 aliphatic carbocycles. The predicted octanol–water partition coefficient (Wildman–Crippen LogP) is 6.28. The zero-order valence-corrected chi connectivity index (χ0v) is 27.8. The van der Waals surface area contributed by atoms with Crippen LogP contribution in [0.3, 0.4) is 0 Å². The Morgan fingerprint density at radius 2 is 1.27 bits per heavy atom. The summed E-state index contributed by atoms with van der Waals surface area (Å²) in [6.45, 7) is 11.1. The summed E-state index contributed by atoms with van der Waals surface area (Å²) >= 11 is 0. The molecule has 7 nitrogen and oxygen atoms in total. The first-order chi connectivity index (χ1) is 21.3. The molecule has 0 heterocycles. The van der Waals surface area contributed by atoms with Gasteiger partial charge in [0, 0.05) is 19.0 Å². The summed E-state index contributed by atoms with van der Waals surface area (Å²) in [4.78, 5) is 30.0. The average Bonchev–Trinajstić information content (AvgIpc) is 2.98. The van der Waals surface area contributed by atoms with E-state index in [0.29, 0.717) is 5.69 Å². The van der Waals surface area contributed by atoms with Crippen LogP contribution in [0, 0.1) is 27.7 Å². The van der Waals surface area contributed by atoms with Crippen molar-refractivity contribution in [3.8, 4) is 0 Å². The van der Waals surface area contributed by atoms with Gasteiger partial charge in [0.15, 0.2) is 0 Å². The van der Waals surface area contributed by atoms with E-state index in [1.165, 1.54) is 9.21 Å². The van der Waals surface area contributed by atoms with Gasteiger partial charge >= 0.3 is 0 Å². The number of sulfonamides is 1. The molecule has 1 atom stereocenters. The zero-order chi connectivity index (χ0) is 32.7. The smallest absolute Gasteiger partial charge is 0.264 e. The molecule has 236 valence electrons. The van der Waals surface area contributed by atoms with Crippen molar-refractivity contribution < 1.29 is 18.0 Å². The fraction of sp³-hybridized carbons (Fsp3) is 0.297. The van der Waals surface area contributed by atoms with Crippen LogP contribution >= 0.6 is 0 Å². The molecule has 0 aliphatic heterocycles. The van der Waals surface area contributed by atoms with Crippen molar-refractivity contribution in [2.75, 3.05) is 10.8 Å². The minimum absolute atomic E-state index is 0.0866. The van der Waals surface area contributed by atoms with Crippen molar-refractivity contribution >= 4 is 27.5 Å². The molecule has 0 radical (unpaired) electrons. The number of aryl methyl sites for hydroxylation is 4. The number of amides is 2. The maximum atomic E-state index is 14.6. The molecule has 0 fully saturated rings. The summed E-state index contributed by atoms with van der Waals surface area (Å²) in [7, 11) is -4.15. The third-order valence-corrected chi connectivity index (χ3v) is 9.35. The van der Waals surface area contributed by atoms with E-state index in [9.17, 15) is 18.0 Å². The number of hydrogen-bond donors (Lipinski definition) is 1. The Morgan fingerprint density at radius 1 is 0.711 bits per heavy atom. The highest BCUT2D eigenvalue weighted by Crippen LogP contribution is 2.27. The zero-order valence-electron chi connectivity index (χ0n) is 26.9. The second kappa shape index (κ2) is 14.6. The fourth-order valence-corrected chi connectivity index (χ4v) is 6.68. The van der Waals surface area contributed by atoms with E-state index in [1.807, 2.05) is 102 Å². The summed E-state index contributed by atoms with van der Waals surface area (Å²) in [5.41, 5.74) is 5.85. The monoisotopic (exact) mass is 625 g/mol. The summed E-state index contributed by atoms with van der Waals surface area (Å²) in [5, 5.41) is 2.99. The molecule has 0 aliphatic rings. The average molecular weight is 626 g/mol. The van der Waals surface area contributed by atoms with Crippen molar-refractivity contribution in [2.24, 2.45) is 0 Å². The maximum absolute atomic E-state index is 14.6. The summed E-state index contributed by atoms with van der Waals surface area (Å²) < 4.78 is 29.6. The molecule has 0 saturated heterocycles. The second-order valence-corrected chi connectivity index (χ2v) is 13.9. The van der Waals surface area contributed by atoms with Gasteiger partial charge in [0.25, 0.3) is 10.0 Å². The normalized spacial score (nSPS) is 12.1. The topological polar surface area (TPSA) is 86.8 Å². The Kier molecular flexibility index (Phi) is 10.8. The number of carbonyl (C=O) groups is 2. The number of nitrogens with zero attached hydrogens (tertiary/aromatic N) is 2. The summed E-state index contributed by atoms with van der Waals surface area (Å²) in [6.07, 6.45) is 0.269. The first kappa shape index (κ1) is 33.5. The number of benzene rings is 4. The van der Waals surface area contributed by atoms with Crippen molar-refractivity contribution in [1.82, 2.24) is 10.2 Å².